The van der Waals surface area contributed by atoms with Crippen LogP contribution < -0.4 is 0 Å². The lowest BCUT2D eigenvalue weighted by molar-refractivity contribution is 0.0793. The summed E-state index contributed by atoms with van der Waals surface area (Å²) >= 11 is 0. The van der Waals surface area contributed by atoms with Gasteiger partial charge in [0.05, 0.1) is 0 Å². The molecule has 0 bridgehead atoms. The summed E-state index contributed by atoms with van der Waals surface area (Å²) in [6.07, 6.45) is 6.19. The quantitative estimate of drug-likeness (QED) is 0.741. The zero-order valence-corrected chi connectivity index (χ0v) is 10.9. The van der Waals surface area contributed by atoms with Gasteiger partial charge in [-0.25, -0.2) is 0 Å². The average Bonchev–Trinajstić information content (AvgIpc) is 2.92. The van der Waals surface area contributed by atoms with Crippen LogP contribution in [0.15, 0.2) is 43.0 Å². The minimum absolute atomic E-state index is 0.149. The zero-order chi connectivity index (χ0) is 13.0. The normalized spacial score (nSPS) is 15.3. The molecule has 18 heavy (non-hydrogen) atoms. The highest BCUT2D eigenvalue weighted by Gasteiger charge is 2.19. The van der Waals surface area contributed by atoms with Crippen LogP contribution in [0, 0.1) is 0 Å². The fourth-order valence-corrected chi connectivity index (χ4v) is 2.23. The third-order valence-electron chi connectivity index (χ3n) is 3.26. The van der Waals surface area contributed by atoms with Crippen LogP contribution in [0.3, 0.4) is 0 Å². The van der Waals surface area contributed by atoms with Crippen molar-refractivity contribution in [1.82, 2.24) is 4.90 Å². The molecular weight excluding hydrogens is 222 g/mol. The maximum Gasteiger partial charge on any atom is 0.253 e. The highest BCUT2D eigenvalue weighted by atomic mass is 16.2. The minimum atomic E-state index is 0.149. The molecule has 1 saturated heterocycles. The first-order valence-electron chi connectivity index (χ1n) is 6.43. The molecule has 2 nitrogen and oxygen atoms in total. The van der Waals surface area contributed by atoms with E-state index in [9.17, 15) is 4.79 Å². The Labute approximate surface area is 109 Å². The molecule has 0 spiro atoms. The number of carbonyl (C=O) groups excluding carboxylic acids is 1. The van der Waals surface area contributed by atoms with E-state index in [4.69, 9.17) is 0 Å². The molecule has 1 aliphatic rings. The minimum Gasteiger partial charge on any atom is -0.339 e. The molecule has 0 N–H and O–H groups in total. The number of likely N-dealkylation sites (tertiary alicyclic amines) is 1. The molecule has 1 amide bonds. The van der Waals surface area contributed by atoms with Gasteiger partial charge in [-0.05, 0) is 43.0 Å². The van der Waals surface area contributed by atoms with E-state index in [1.54, 1.807) is 0 Å². The Morgan fingerprint density at radius 3 is 2.28 bits per heavy atom. The Balaban J connectivity index is 2.11. The zero-order valence-electron chi connectivity index (χ0n) is 10.9. The van der Waals surface area contributed by atoms with Gasteiger partial charge in [0.1, 0.15) is 0 Å². The molecular formula is C16H19NO. The lowest BCUT2D eigenvalue weighted by Crippen LogP contribution is -2.27. The van der Waals surface area contributed by atoms with Gasteiger partial charge in [-0.3, -0.25) is 4.79 Å². The number of benzene rings is 1. The predicted molar refractivity (Wildman–Crippen MR) is 75.4 cm³/mol. The van der Waals surface area contributed by atoms with Crippen molar-refractivity contribution in [3.05, 3.63) is 54.1 Å². The Kier molecular flexibility index (Phi) is 3.98. The molecule has 94 valence electrons. The first kappa shape index (κ1) is 12.6. The van der Waals surface area contributed by atoms with Crippen molar-refractivity contribution in [3.8, 4) is 0 Å². The molecule has 2 rings (SSSR count). The van der Waals surface area contributed by atoms with Crippen molar-refractivity contribution in [1.29, 1.82) is 0 Å². The summed E-state index contributed by atoms with van der Waals surface area (Å²) in [6.45, 7) is 7.74. The molecule has 0 aromatic heterocycles. The average molecular weight is 241 g/mol. The van der Waals surface area contributed by atoms with Crippen LogP contribution in [-0.4, -0.2) is 23.9 Å². The molecule has 0 atom stereocenters. The van der Waals surface area contributed by atoms with Crippen molar-refractivity contribution in [2.75, 3.05) is 13.1 Å². The van der Waals surface area contributed by atoms with E-state index in [-0.39, 0.29) is 5.91 Å². The van der Waals surface area contributed by atoms with E-state index in [2.05, 4.69) is 6.58 Å². The number of allylic oxidation sites excluding steroid dienone is 3. The van der Waals surface area contributed by atoms with Crippen LogP contribution in [0.4, 0.5) is 0 Å². The number of rotatable bonds is 3. The van der Waals surface area contributed by atoms with Crippen molar-refractivity contribution >= 4 is 11.5 Å². The monoisotopic (exact) mass is 241 g/mol. The van der Waals surface area contributed by atoms with E-state index in [0.717, 1.165) is 42.6 Å². The third kappa shape index (κ3) is 2.70. The molecule has 2 heteroatoms. The molecule has 1 aromatic rings. The number of carbonyl (C=O) groups is 1. The van der Waals surface area contributed by atoms with E-state index < -0.39 is 0 Å². The van der Waals surface area contributed by atoms with E-state index in [1.807, 2.05) is 48.2 Å². The summed E-state index contributed by atoms with van der Waals surface area (Å²) in [5.74, 6) is 0.149. The fourth-order valence-electron chi connectivity index (χ4n) is 2.23. The number of nitrogens with zero attached hydrogens (tertiary/aromatic N) is 1. The summed E-state index contributed by atoms with van der Waals surface area (Å²) in [5.41, 5.74) is 2.80. The maximum absolute atomic E-state index is 12.1. The Morgan fingerprint density at radius 2 is 1.72 bits per heavy atom. The van der Waals surface area contributed by atoms with E-state index in [1.165, 1.54) is 0 Å². The molecule has 1 fully saturated rings. The summed E-state index contributed by atoms with van der Waals surface area (Å²) in [7, 11) is 0. The Bertz CT molecular complexity index is 464. The van der Waals surface area contributed by atoms with Gasteiger partial charge in [0.25, 0.3) is 5.91 Å². The Hall–Kier alpha value is -1.83. The molecule has 0 aliphatic carbocycles. The SMILES string of the molecule is C=C(/C=C\C)c1ccc(C(=O)N2CCCC2)cc1. The van der Waals surface area contributed by atoms with Crippen molar-refractivity contribution in [3.63, 3.8) is 0 Å². The topological polar surface area (TPSA) is 20.3 Å². The first-order chi connectivity index (χ1) is 8.72. The third-order valence-corrected chi connectivity index (χ3v) is 3.26. The standard InChI is InChI=1S/C16H19NO/c1-3-6-13(2)14-7-9-15(10-8-14)16(18)17-11-4-5-12-17/h3,6-10H,2,4-5,11-12H2,1H3/b6-3-. The second-order valence-electron chi connectivity index (χ2n) is 4.60. The van der Waals surface area contributed by atoms with Gasteiger partial charge >= 0.3 is 0 Å². The van der Waals surface area contributed by atoms with Crippen molar-refractivity contribution < 1.29 is 4.79 Å². The highest BCUT2D eigenvalue weighted by Crippen LogP contribution is 2.17. The largest absolute Gasteiger partial charge is 0.339 e. The molecule has 1 aliphatic heterocycles. The lowest BCUT2D eigenvalue weighted by Gasteiger charge is -2.15. The molecule has 0 unspecified atom stereocenters. The summed E-state index contributed by atoms with van der Waals surface area (Å²) in [6, 6.07) is 7.71. The van der Waals surface area contributed by atoms with Gasteiger partial charge < -0.3 is 4.90 Å². The second-order valence-corrected chi connectivity index (χ2v) is 4.60. The van der Waals surface area contributed by atoms with Crippen LogP contribution in [-0.2, 0) is 0 Å². The second kappa shape index (κ2) is 5.67. The van der Waals surface area contributed by atoms with Crippen molar-refractivity contribution in [2.45, 2.75) is 19.8 Å². The van der Waals surface area contributed by atoms with Crippen LogP contribution in [0.2, 0.25) is 0 Å². The maximum atomic E-state index is 12.1. The van der Waals surface area contributed by atoms with Gasteiger partial charge in [0, 0.05) is 18.7 Å². The van der Waals surface area contributed by atoms with Gasteiger partial charge in [0.2, 0.25) is 0 Å². The number of hydrogen-bond acceptors (Lipinski definition) is 1. The molecule has 1 aromatic carbocycles. The Morgan fingerprint density at radius 1 is 1.17 bits per heavy atom. The van der Waals surface area contributed by atoms with E-state index in [0.29, 0.717) is 0 Å². The van der Waals surface area contributed by atoms with Gasteiger partial charge in [-0.2, -0.15) is 0 Å². The molecule has 0 radical (unpaired) electrons. The fraction of sp³-hybridized carbons (Fsp3) is 0.312. The predicted octanol–water partition coefficient (Wildman–Crippen LogP) is 3.51. The number of amides is 1. The smallest absolute Gasteiger partial charge is 0.253 e. The summed E-state index contributed by atoms with van der Waals surface area (Å²) in [4.78, 5) is 14.1. The van der Waals surface area contributed by atoms with E-state index >= 15 is 0 Å². The van der Waals surface area contributed by atoms with Crippen LogP contribution in [0.1, 0.15) is 35.7 Å². The molecule has 0 saturated carbocycles. The van der Waals surface area contributed by atoms with Gasteiger partial charge in [-0.15, -0.1) is 0 Å². The summed E-state index contributed by atoms with van der Waals surface area (Å²) < 4.78 is 0. The van der Waals surface area contributed by atoms with Crippen LogP contribution in [0.5, 0.6) is 0 Å². The van der Waals surface area contributed by atoms with Crippen molar-refractivity contribution in [2.24, 2.45) is 0 Å². The number of hydrogen-bond donors (Lipinski definition) is 0. The van der Waals surface area contributed by atoms with Crippen LogP contribution in [0.25, 0.3) is 5.57 Å². The van der Waals surface area contributed by atoms with Gasteiger partial charge in [-0.1, -0.05) is 30.9 Å². The molecule has 1 heterocycles. The first-order valence-corrected chi connectivity index (χ1v) is 6.43. The van der Waals surface area contributed by atoms with Crippen LogP contribution >= 0.6 is 0 Å². The summed E-state index contributed by atoms with van der Waals surface area (Å²) in [5, 5.41) is 0. The highest BCUT2D eigenvalue weighted by molar-refractivity contribution is 5.94. The lowest BCUT2D eigenvalue weighted by atomic mass is 10.0. The van der Waals surface area contributed by atoms with Gasteiger partial charge in [0.15, 0.2) is 0 Å².